The quantitative estimate of drug-likeness (QED) is 0.224. The number of aryl methyl sites for hydroxylation is 1. The normalized spacial score (nSPS) is 12.3. The highest BCUT2D eigenvalue weighted by Gasteiger charge is 2.12. The van der Waals surface area contributed by atoms with Crippen LogP contribution in [-0.2, 0) is 11.2 Å². The lowest BCUT2D eigenvalue weighted by molar-refractivity contribution is 0.0328. The molecule has 0 saturated carbocycles. The summed E-state index contributed by atoms with van der Waals surface area (Å²) >= 11 is 0. The van der Waals surface area contributed by atoms with Gasteiger partial charge in [-0.15, -0.1) is 0 Å². The van der Waals surface area contributed by atoms with E-state index in [1.807, 2.05) is 26.1 Å². The molecule has 3 heteroatoms. The minimum atomic E-state index is -0.235. The summed E-state index contributed by atoms with van der Waals surface area (Å²) in [5, 5.41) is 0. The zero-order valence-corrected chi connectivity index (χ0v) is 18.2. The van der Waals surface area contributed by atoms with Gasteiger partial charge in [0.25, 0.3) is 0 Å². The highest BCUT2D eigenvalue weighted by atomic mass is 16.5. The predicted molar refractivity (Wildman–Crippen MR) is 115 cm³/mol. The molecule has 1 unspecified atom stereocenters. The second kappa shape index (κ2) is 15.8. The topological polar surface area (TPSA) is 42.1 Å². The van der Waals surface area contributed by atoms with Crippen molar-refractivity contribution >= 4 is 5.97 Å². The first-order valence-corrected chi connectivity index (χ1v) is 11.6. The highest BCUT2D eigenvalue weighted by Crippen LogP contribution is 2.14. The summed E-state index contributed by atoms with van der Waals surface area (Å²) in [4.78, 5) is 15.0. The Bertz CT molecular complexity index is 480. The summed E-state index contributed by atoms with van der Waals surface area (Å²) in [5.41, 5.74) is 1.80. The van der Waals surface area contributed by atoms with Gasteiger partial charge in [-0.1, -0.05) is 90.9 Å². The van der Waals surface area contributed by atoms with Crippen LogP contribution in [-0.4, -0.2) is 17.1 Å². The number of carbonyl (C=O) groups excluding carboxylic acids is 1. The molecule has 0 saturated heterocycles. The molecule has 1 N–H and O–H groups in total. The molecule has 156 valence electrons. The molecule has 0 fully saturated rings. The fourth-order valence-corrected chi connectivity index (χ4v) is 3.38. The second-order valence-corrected chi connectivity index (χ2v) is 8.04. The molecular formula is C24H43NO2. The van der Waals surface area contributed by atoms with E-state index < -0.39 is 0 Å². The Morgan fingerprint density at radius 3 is 1.93 bits per heavy atom. The van der Waals surface area contributed by atoms with E-state index in [0.29, 0.717) is 5.69 Å². The average Bonchev–Trinajstić information content (AvgIpc) is 3.14. The van der Waals surface area contributed by atoms with E-state index in [-0.39, 0.29) is 12.1 Å². The van der Waals surface area contributed by atoms with Crippen molar-refractivity contribution < 1.29 is 9.53 Å². The van der Waals surface area contributed by atoms with Gasteiger partial charge < -0.3 is 9.72 Å². The third-order valence-corrected chi connectivity index (χ3v) is 5.41. The maximum atomic E-state index is 12.0. The van der Waals surface area contributed by atoms with Gasteiger partial charge in [-0.05, 0) is 37.8 Å². The number of hydrogen-bond donors (Lipinski definition) is 1. The molecule has 1 rings (SSSR count). The van der Waals surface area contributed by atoms with Gasteiger partial charge in [0.1, 0.15) is 5.69 Å². The SMILES string of the molecule is CCCCCCCCCCCCCCCc1c[nH]c(C(=O)OC(C)CC)c1. The van der Waals surface area contributed by atoms with Crippen LogP contribution < -0.4 is 0 Å². The minimum Gasteiger partial charge on any atom is -0.458 e. The Labute approximate surface area is 167 Å². The number of aromatic nitrogens is 1. The van der Waals surface area contributed by atoms with Crippen molar-refractivity contribution in [1.82, 2.24) is 4.98 Å². The molecule has 0 aliphatic heterocycles. The van der Waals surface area contributed by atoms with Crippen LogP contribution in [0.1, 0.15) is 127 Å². The maximum absolute atomic E-state index is 12.0. The standard InChI is InChI=1S/C24H43NO2/c1-4-6-7-8-9-10-11-12-13-14-15-16-17-18-22-19-23(25-20-22)24(26)27-21(3)5-2/h19-21,25H,4-18H2,1-3H3. The molecule has 1 atom stereocenters. The molecule has 0 aliphatic rings. The zero-order chi connectivity index (χ0) is 19.7. The lowest BCUT2D eigenvalue weighted by atomic mass is 10.0. The van der Waals surface area contributed by atoms with Crippen LogP contribution >= 0.6 is 0 Å². The molecule has 0 radical (unpaired) electrons. The first kappa shape index (κ1) is 23.8. The smallest absolute Gasteiger partial charge is 0.355 e. The lowest BCUT2D eigenvalue weighted by Gasteiger charge is -2.09. The fraction of sp³-hybridized carbons (Fsp3) is 0.792. The number of nitrogens with one attached hydrogen (secondary N) is 1. The summed E-state index contributed by atoms with van der Waals surface area (Å²) in [5.74, 6) is -0.235. The van der Waals surface area contributed by atoms with Crippen LogP contribution in [0.15, 0.2) is 12.3 Å². The van der Waals surface area contributed by atoms with Gasteiger partial charge in [-0.25, -0.2) is 4.79 Å². The van der Waals surface area contributed by atoms with Gasteiger partial charge in [0, 0.05) is 6.20 Å². The molecule has 27 heavy (non-hydrogen) atoms. The van der Waals surface area contributed by atoms with Gasteiger partial charge in [0.15, 0.2) is 0 Å². The summed E-state index contributed by atoms with van der Waals surface area (Å²) < 4.78 is 5.35. The van der Waals surface area contributed by atoms with E-state index in [1.54, 1.807) is 0 Å². The molecule has 0 aliphatic carbocycles. The number of ether oxygens (including phenoxy) is 1. The van der Waals surface area contributed by atoms with E-state index in [1.165, 1.54) is 89.0 Å². The van der Waals surface area contributed by atoms with Crippen LogP contribution in [0.2, 0.25) is 0 Å². The Kier molecular flexibility index (Phi) is 13.9. The van der Waals surface area contributed by atoms with Gasteiger partial charge >= 0.3 is 5.97 Å². The Morgan fingerprint density at radius 2 is 1.41 bits per heavy atom. The van der Waals surface area contributed by atoms with E-state index in [0.717, 1.165) is 12.8 Å². The number of hydrogen-bond acceptors (Lipinski definition) is 2. The van der Waals surface area contributed by atoms with Crippen molar-refractivity contribution in [2.24, 2.45) is 0 Å². The van der Waals surface area contributed by atoms with E-state index in [4.69, 9.17) is 4.74 Å². The molecule has 1 aromatic heterocycles. The number of unbranched alkanes of at least 4 members (excludes halogenated alkanes) is 12. The maximum Gasteiger partial charge on any atom is 0.355 e. The Hall–Kier alpha value is -1.25. The first-order chi connectivity index (χ1) is 13.2. The molecule has 1 aromatic rings. The monoisotopic (exact) mass is 377 g/mol. The van der Waals surface area contributed by atoms with Gasteiger partial charge in [0.2, 0.25) is 0 Å². The average molecular weight is 378 g/mol. The molecule has 1 heterocycles. The fourth-order valence-electron chi connectivity index (χ4n) is 3.38. The van der Waals surface area contributed by atoms with Gasteiger partial charge in [-0.3, -0.25) is 0 Å². The largest absolute Gasteiger partial charge is 0.458 e. The highest BCUT2D eigenvalue weighted by molar-refractivity contribution is 5.87. The molecule has 3 nitrogen and oxygen atoms in total. The zero-order valence-electron chi connectivity index (χ0n) is 18.2. The van der Waals surface area contributed by atoms with Crippen molar-refractivity contribution in [3.8, 4) is 0 Å². The summed E-state index contributed by atoms with van der Waals surface area (Å²) in [6.45, 7) is 6.22. The summed E-state index contributed by atoms with van der Waals surface area (Å²) in [6.07, 6.45) is 21.7. The molecule has 0 spiro atoms. The van der Waals surface area contributed by atoms with E-state index in [2.05, 4.69) is 11.9 Å². The van der Waals surface area contributed by atoms with E-state index in [9.17, 15) is 4.79 Å². The van der Waals surface area contributed by atoms with Crippen LogP contribution in [0, 0.1) is 0 Å². The minimum absolute atomic E-state index is 0.0229. The van der Waals surface area contributed by atoms with Crippen molar-refractivity contribution in [2.75, 3.05) is 0 Å². The molecule has 0 amide bonds. The lowest BCUT2D eigenvalue weighted by Crippen LogP contribution is -2.14. The summed E-state index contributed by atoms with van der Waals surface area (Å²) in [7, 11) is 0. The van der Waals surface area contributed by atoms with Crippen LogP contribution in [0.4, 0.5) is 0 Å². The first-order valence-electron chi connectivity index (χ1n) is 11.6. The number of carbonyl (C=O) groups is 1. The third kappa shape index (κ3) is 11.9. The van der Waals surface area contributed by atoms with Crippen molar-refractivity contribution in [1.29, 1.82) is 0 Å². The second-order valence-electron chi connectivity index (χ2n) is 8.04. The Morgan fingerprint density at radius 1 is 0.889 bits per heavy atom. The molecule has 0 aromatic carbocycles. The van der Waals surface area contributed by atoms with Gasteiger partial charge in [0.05, 0.1) is 6.10 Å². The Balaban J connectivity index is 1.96. The molecular weight excluding hydrogens is 334 g/mol. The number of rotatable bonds is 17. The van der Waals surface area contributed by atoms with Crippen LogP contribution in [0.5, 0.6) is 0 Å². The van der Waals surface area contributed by atoms with Crippen LogP contribution in [0.25, 0.3) is 0 Å². The predicted octanol–water partition coefficient (Wildman–Crippen LogP) is 7.60. The number of esters is 1. The van der Waals surface area contributed by atoms with Crippen molar-refractivity contribution in [2.45, 2.75) is 123 Å². The van der Waals surface area contributed by atoms with Crippen molar-refractivity contribution in [3.05, 3.63) is 23.5 Å². The summed E-state index contributed by atoms with van der Waals surface area (Å²) in [6, 6.07) is 1.95. The van der Waals surface area contributed by atoms with Gasteiger partial charge in [-0.2, -0.15) is 0 Å². The van der Waals surface area contributed by atoms with E-state index >= 15 is 0 Å². The van der Waals surface area contributed by atoms with Crippen molar-refractivity contribution in [3.63, 3.8) is 0 Å². The number of H-pyrrole nitrogens is 1. The molecule has 0 bridgehead atoms. The number of aromatic amines is 1. The third-order valence-electron chi connectivity index (χ3n) is 5.41. The van der Waals surface area contributed by atoms with Crippen LogP contribution in [0.3, 0.4) is 0 Å².